The summed E-state index contributed by atoms with van der Waals surface area (Å²) in [6.07, 6.45) is 2.44. The molecule has 22 heavy (non-hydrogen) atoms. The number of nitrogens with one attached hydrogen (secondary N) is 1. The highest BCUT2D eigenvalue weighted by atomic mass is 32.1. The van der Waals surface area contributed by atoms with Gasteiger partial charge in [0.25, 0.3) is 5.91 Å². The van der Waals surface area contributed by atoms with Crippen molar-refractivity contribution >= 4 is 33.7 Å². The zero-order chi connectivity index (χ0) is 14.9. The smallest absolute Gasteiger partial charge is 0.268 e. The molecule has 1 aliphatic carbocycles. The van der Waals surface area contributed by atoms with Crippen molar-refractivity contribution in [3.05, 3.63) is 57.7 Å². The number of anilines is 1. The average Bonchev–Trinajstić information content (AvgIpc) is 3.10. The first kappa shape index (κ1) is 13.7. The number of thiazole rings is 1. The van der Waals surface area contributed by atoms with Gasteiger partial charge in [0.15, 0.2) is 5.13 Å². The molecule has 1 fully saturated rings. The van der Waals surface area contributed by atoms with Crippen molar-refractivity contribution in [2.24, 2.45) is 0 Å². The largest absolute Gasteiger partial charge is 0.297 e. The molecule has 1 aromatic carbocycles. The Morgan fingerprint density at radius 1 is 1.14 bits per heavy atom. The van der Waals surface area contributed by atoms with E-state index in [1.54, 1.807) is 0 Å². The minimum atomic E-state index is -0.0782. The van der Waals surface area contributed by atoms with Crippen molar-refractivity contribution in [1.82, 2.24) is 4.98 Å². The quantitative estimate of drug-likeness (QED) is 0.733. The Balaban J connectivity index is 1.56. The van der Waals surface area contributed by atoms with Gasteiger partial charge in [-0.15, -0.1) is 22.7 Å². The van der Waals surface area contributed by atoms with Gasteiger partial charge in [-0.25, -0.2) is 4.98 Å². The van der Waals surface area contributed by atoms with Gasteiger partial charge in [-0.1, -0.05) is 30.3 Å². The summed E-state index contributed by atoms with van der Waals surface area (Å²) >= 11 is 2.97. The van der Waals surface area contributed by atoms with E-state index >= 15 is 0 Å². The number of hydrogen-bond donors (Lipinski definition) is 1. The van der Waals surface area contributed by atoms with Gasteiger partial charge in [-0.3, -0.25) is 10.1 Å². The Kier molecular flexibility index (Phi) is 3.52. The summed E-state index contributed by atoms with van der Waals surface area (Å²) in [6.45, 7) is 0. The Hall–Kier alpha value is -1.98. The van der Waals surface area contributed by atoms with Crippen LogP contribution in [0.5, 0.6) is 0 Å². The van der Waals surface area contributed by atoms with E-state index in [-0.39, 0.29) is 5.91 Å². The molecule has 0 aliphatic heterocycles. The SMILES string of the molecule is O=C(Nc1nc(C2CC2)cs1)c1sccc1-c1ccccc1. The maximum absolute atomic E-state index is 12.5. The van der Waals surface area contributed by atoms with Gasteiger partial charge < -0.3 is 0 Å². The van der Waals surface area contributed by atoms with Crippen LogP contribution in [0.4, 0.5) is 5.13 Å². The summed E-state index contributed by atoms with van der Waals surface area (Å²) in [5, 5.41) is 7.64. The third kappa shape index (κ3) is 2.69. The number of carbonyl (C=O) groups excluding carboxylic acids is 1. The van der Waals surface area contributed by atoms with E-state index in [0.29, 0.717) is 11.0 Å². The third-order valence-electron chi connectivity index (χ3n) is 3.69. The molecule has 0 atom stereocenters. The number of hydrogen-bond acceptors (Lipinski definition) is 4. The molecule has 1 N–H and O–H groups in total. The lowest BCUT2D eigenvalue weighted by atomic mass is 10.1. The highest BCUT2D eigenvalue weighted by molar-refractivity contribution is 7.14. The van der Waals surface area contributed by atoms with Gasteiger partial charge in [0.2, 0.25) is 0 Å². The monoisotopic (exact) mass is 326 g/mol. The van der Waals surface area contributed by atoms with Crippen molar-refractivity contribution < 1.29 is 4.79 Å². The number of thiophene rings is 1. The molecule has 0 spiro atoms. The van der Waals surface area contributed by atoms with E-state index in [1.807, 2.05) is 41.8 Å². The van der Waals surface area contributed by atoms with Gasteiger partial charge in [-0.2, -0.15) is 0 Å². The molecule has 2 heterocycles. The molecule has 2 aromatic heterocycles. The van der Waals surface area contributed by atoms with Gasteiger partial charge in [0.1, 0.15) is 4.88 Å². The molecule has 1 saturated carbocycles. The molecule has 1 amide bonds. The molecule has 3 nitrogen and oxygen atoms in total. The lowest BCUT2D eigenvalue weighted by molar-refractivity contribution is 0.103. The predicted octanol–water partition coefficient (Wildman–Crippen LogP) is 5.00. The van der Waals surface area contributed by atoms with E-state index in [2.05, 4.69) is 15.7 Å². The molecule has 0 bridgehead atoms. The molecular formula is C17H14N2OS2. The molecular weight excluding hydrogens is 312 g/mol. The number of carbonyl (C=O) groups is 1. The minimum Gasteiger partial charge on any atom is -0.297 e. The van der Waals surface area contributed by atoms with E-state index in [0.717, 1.165) is 21.7 Å². The summed E-state index contributed by atoms with van der Waals surface area (Å²) in [5.41, 5.74) is 3.16. The molecule has 4 rings (SSSR count). The molecule has 3 aromatic rings. The fourth-order valence-corrected chi connectivity index (χ4v) is 3.99. The number of nitrogens with zero attached hydrogens (tertiary/aromatic N) is 1. The first-order valence-corrected chi connectivity index (χ1v) is 8.97. The van der Waals surface area contributed by atoms with Gasteiger partial charge in [-0.05, 0) is 29.9 Å². The molecule has 0 saturated heterocycles. The molecule has 5 heteroatoms. The topological polar surface area (TPSA) is 42.0 Å². The molecule has 0 radical (unpaired) electrons. The van der Waals surface area contributed by atoms with Crippen molar-refractivity contribution in [3.63, 3.8) is 0 Å². The van der Waals surface area contributed by atoms with Gasteiger partial charge in [0.05, 0.1) is 5.69 Å². The Morgan fingerprint density at radius 3 is 2.73 bits per heavy atom. The van der Waals surface area contributed by atoms with Crippen LogP contribution in [0.15, 0.2) is 47.2 Å². The summed E-state index contributed by atoms with van der Waals surface area (Å²) < 4.78 is 0. The summed E-state index contributed by atoms with van der Waals surface area (Å²) in [5.74, 6) is 0.536. The summed E-state index contributed by atoms with van der Waals surface area (Å²) in [6, 6.07) is 12.0. The molecule has 0 unspecified atom stereocenters. The fourth-order valence-electron chi connectivity index (χ4n) is 2.39. The second-order valence-corrected chi connectivity index (χ2v) is 7.11. The standard InChI is InChI=1S/C17H14N2OS2/c20-16(19-17-18-14(10-22-17)12-6-7-12)15-13(8-9-21-15)11-4-2-1-3-5-11/h1-5,8-10,12H,6-7H2,(H,18,19,20). The molecule has 1 aliphatic rings. The van der Waals surface area contributed by atoms with E-state index in [4.69, 9.17) is 0 Å². The number of aromatic nitrogens is 1. The first-order valence-electron chi connectivity index (χ1n) is 7.21. The van der Waals surface area contributed by atoms with Gasteiger partial charge >= 0.3 is 0 Å². The van der Waals surface area contributed by atoms with Crippen LogP contribution < -0.4 is 5.32 Å². The zero-order valence-electron chi connectivity index (χ0n) is 11.8. The van der Waals surface area contributed by atoms with Crippen LogP contribution in [-0.2, 0) is 0 Å². The second-order valence-electron chi connectivity index (χ2n) is 5.34. The van der Waals surface area contributed by atoms with Crippen molar-refractivity contribution in [1.29, 1.82) is 0 Å². The zero-order valence-corrected chi connectivity index (χ0v) is 13.4. The van der Waals surface area contributed by atoms with Crippen molar-refractivity contribution in [3.8, 4) is 11.1 Å². The maximum atomic E-state index is 12.5. The van der Waals surface area contributed by atoms with E-state index in [1.165, 1.54) is 35.5 Å². The van der Waals surface area contributed by atoms with Crippen LogP contribution in [0.25, 0.3) is 11.1 Å². The average molecular weight is 326 g/mol. The maximum Gasteiger partial charge on any atom is 0.268 e. The lowest BCUT2D eigenvalue weighted by Gasteiger charge is -2.04. The highest BCUT2D eigenvalue weighted by Gasteiger charge is 2.26. The summed E-state index contributed by atoms with van der Waals surface area (Å²) in [7, 11) is 0. The van der Waals surface area contributed by atoms with Crippen LogP contribution in [0, 0.1) is 0 Å². The predicted molar refractivity (Wildman–Crippen MR) is 91.8 cm³/mol. The third-order valence-corrected chi connectivity index (χ3v) is 5.38. The Labute approximate surface area is 136 Å². The van der Waals surface area contributed by atoms with Crippen LogP contribution in [0.2, 0.25) is 0 Å². The fraction of sp³-hybridized carbons (Fsp3) is 0.176. The Bertz CT molecular complexity index is 803. The van der Waals surface area contributed by atoms with Crippen molar-refractivity contribution in [2.45, 2.75) is 18.8 Å². The lowest BCUT2D eigenvalue weighted by Crippen LogP contribution is -2.11. The van der Waals surface area contributed by atoms with Crippen LogP contribution >= 0.6 is 22.7 Å². The second kappa shape index (κ2) is 5.66. The summed E-state index contributed by atoms with van der Waals surface area (Å²) in [4.78, 5) is 17.8. The highest BCUT2D eigenvalue weighted by Crippen LogP contribution is 2.41. The van der Waals surface area contributed by atoms with E-state index < -0.39 is 0 Å². The number of benzene rings is 1. The minimum absolute atomic E-state index is 0.0782. The first-order chi connectivity index (χ1) is 10.8. The van der Waals surface area contributed by atoms with Crippen LogP contribution in [0.3, 0.4) is 0 Å². The van der Waals surface area contributed by atoms with Crippen LogP contribution in [-0.4, -0.2) is 10.9 Å². The molecule has 110 valence electrons. The van der Waals surface area contributed by atoms with Crippen LogP contribution in [0.1, 0.15) is 34.1 Å². The van der Waals surface area contributed by atoms with Gasteiger partial charge in [0, 0.05) is 16.9 Å². The Morgan fingerprint density at radius 2 is 1.95 bits per heavy atom. The number of rotatable bonds is 4. The number of amides is 1. The van der Waals surface area contributed by atoms with E-state index in [9.17, 15) is 4.79 Å². The van der Waals surface area contributed by atoms with Crippen molar-refractivity contribution in [2.75, 3.05) is 5.32 Å². The normalized spacial score (nSPS) is 14.0.